The van der Waals surface area contributed by atoms with Gasteiger partial charge in [0.15, 0.2) is 9.96 Å². The van der Waals surface area contributed by atoms with Gasteiger partial charge in [-0.25, -0.2) is 19.8 Å². The van der Waals surface area contributed by atoms with E-state index >= 15 is 0 Å². The zero-order valence-corrected chi connectivity index (χ0v) is 26.9. The fraction of sp³-hybridized carbons (Fsp3) is 0.147. The number of nitro groups is 1. The predicted octanol–water partition coefficient (Wildman–Crippen LogP) is 5.18. The van der Waals surface area contributed by atoms with Gasteiger partial charge < -0.3 is 9.47 Å². The third-order valence-electron chi connectivity index (χ3n) is 7.10. The minimum atomic E-state index is -0.864. The number of aromatic nitrogens is 3. The number of hydrogen-bond acceptors (Lipinski definition) is 11. The second-order valence-electron chi connectivity index (χ2n) is 10.1. The fourth-order valence-electron chi connectivity index (χ4n) is 5.11. The van der Waals surface area contributed by atoms with Crippen LogP contribution in [0.3, 0.4) is 0 Å². The highest BCUT2D eigenvalue weighted by Crippen LogP contribution is 2.36. The molecule has 0 saturated carbocycles. The Hall–Kier alpha value is -5.40. The monoisotopic (exact) mass is 665 g/mol. The summed E-state index contributed by atoms with van der Waals surface area (Å²) in [5.74, 6) is 0.0602. The van der Waals surface area contributed by atoms with Gasteiger partial charge in [0, 0.05) is 24.0 Å². The minimum Gasteiger partial charge on any atom is -0.494 e. The maximum atomic E-state index is 14.2. The number of rotatable bonds is 10. The highest BCUT2D eigenvalue weighted by atomic mass is 32.2. The molecule has 2 aromatic heterocycles. The molecule has 0 spiro atoms. The maximum absolute atomic E-state index is 14.2. The maximum Gasteiger partial charge on any atom is 0.338 e. The van der Waals surface area contributed by atoms with Crippen LogP contribution in [-0.2, 0) is 9.53 Å². The van der Waals surface area contributed by atoms with Crippen LogP contribution in [0.15, 0.2) is 117 Å². The van der Waals surface area contributed by atoms with Crippen LogP contribution in [0.25, 0.3) is 11.8 Å². The van der Waals surface area contributed by atoms with Gasteiger partial charge in [-0.3, -0.25) is 19.5 Å². The van der Waals surface area contributed by atoms with E-state index in [9.17, 15) is 19.7 Å². The van der Waals surface area contributed by atoms with E-state index in [1.54, 1.807) is 55.7 Å². The highest BCUT2D eigenvalue weighted by molar-refractivity contribution is 7.99. The Morgan fingerprint density at radius 3 is 2.45 bits per heavy atom. The van der Waals surface area contributed by atoms with Crippen LogP contribution in [0.1, 0.15) is 36.6 Å². The summed E-state index contributed by atoms with van der Waals surface area (Å²) in [7, 11) is 0. The van der Waals surface area contributed by atoms with E-state index in [0.717, 1.165) is 23.1 Å². The molecule has 13 heteroatoms. The molecule has 0 unspecified atom stereocenters. The van der Waals surface area contributed by atoms with Crippen molar-refractivity contribution >= 4 is 46.5 Å². The van der Waals surface area contributed by atoms with Crippen molar-refractivity contribution < 1.29 is 19.2 Å². The fourth-order valence-corrected chi connectivity index (χ4v) is 6.91. The van der Waals surface area contributed by atoms with Gasteiger partial charge in [0.1, 0.15) is 5.75 Å². The van der Waals surface area contributed by atoms with Crippen LogP contribution in [0.5, 0.6) is 5.75 Å². The number of benzene rings is 3. The summed E-state index contributed by atoms with van der Waals surface area (Å²) in [5.41, 5.74) is 1.87. The Kier molecular flexibility index (Phi) is 9.36. The first kappa shape index (κ1) is 31.6. The molecular formula is C34H27N5O6S2. The van der Waals surface area contributed by atoms with Crippen molar-refractivity contribution in [3.63, 3.8) is 0 Å². The van der Waals surface area contributed by atoms with Crippen LogP contribution in [0, 0.1) is 10.1 Å². The molecule has 6 rings (SSSR count). The Morgan fingerprint density at radius 2 is 1.77 bits per heavy atom. The summed E-state index contributed by atoms with van der Waals surface area (Å²) in [6, 6.07) is 22.0. The van der Waals surface area contributed by atoms with E-state index in [4.69, 9.17) is 14.5 Å². The van der Waals surface area contributed by atoms with Gasteiger partial charge in [-0.15, -0.1) is 0 Å². The molecule has 0 bridgehead atoms. The molecule has 3 heterocycles. The van der Waals surface area contributed by atoms with Crippen LogP contribution in [0.4, 0.5) is 5.69 Å². The Labute approximate surface area is 276 Å². The zero-order chi connectivity index (χ0) is 32.9. The van der Waals surface area contributed by atoms with E-state index in [1.807, 2.05) is 49.4 Å². The van der Waals surface area contributed by atoms with Crippen molar-refractivity contribution in [3.05, 3.63) is 143 Å². The number of nitro benzene ring substituents is 1. The third-order valence-corrected chi connectivity index (χ3v) is 9.04. The number of carbonyl (C=O) groups excluding carboxylic acids is 1. The smallest absolute Gasteiger partial charge is 0.338 e. The molecular weight excluding hydrogens is 639 g/mol. The lowest BCUT2D eigenvalue weighted by Crippen LogP contribution is -2.40. The largest absolute Gasteiger partial charge is 0.494 e. The SMILES string of the molecule is CCOC(=O)C1=C(c2ccccc2)N=c2s/c(=C\c3ccc(Sc4ncccn4)c([N+](=O)[O-])c3)c(=O)n2[C@H]1c1ccc(OCC)cc1. The van der Waals surface area contributed by atoms with Gasteiger partial charge in [-0.05, 0) is 67.1 Å². The molecule has 1 atom stereocenters. The second-order valence-corrected chi connectivity index (χ2v) is 12.1. The molecule has 0 radical (unpaired) electrons. The average Bonchev–Trinajstić information content (AvgIpc) is 3.40. The van der Waals surface area contributed by atoms with Gasteiger partial charge in [0.2, 0.25) is 0 Å². The number of carbonyl (C=O) groups is 1. The predicted molar refractivity (Wildman–Crippen MR) is 178 cm³/mol. The topological polar surface area (TPSA) is 139 Å². The summed E-state index contributed by atoms with van der Waals surface area (Å²) >= 11 is 2.21. The highest BCUT2D eigenvalue weighted by Gasteiger charge is 2.35. The molecule has 0 aliphatic carbocycles. The lowest BCUT2D eigenvalue weighted by Gasteiger charge is -2.26. The van der Waals surface area contributed by atoms with E-state index in [1.165, 1.54) is 10.6 Å². The molecule has 47 heavy (non-hydrogen) atoms. The van der Waals surface area contributed by atoms with E-state index in [-0.39, 0.29) is 17.9 Å². The summed E-state index contributed by atoms with van der Waals surface area (Å²) in [4.78, 5) is 53.3. The summed E-state index contributed by atoms with van der Waals surface area (Å²) in [5, 5.41) is 12.4. The first-order valence-corrected chi connectivity index (χ1v) is 16.3. The van der Waals surface area contributed by atoms with Crippen molar-refractivity contribution in [1.82, 2.24) is 14.5 Å². The Morgan fingerprint density at radius 1 is 1.02 bits per heavy atom. The van der Waals surface area contributed by atoms with Gasteiger partial charge in [-0.2, -0.15) is 0 Å². The molecule has 0 amide bonds. The van der Waals surface area contributed by atoms with Crippen LogP contribution in [0.2, 0.25) is 0 Å². The van der Waals surface area contributed by atoms with Gasteiger partial charge in [-0.1, -0.05) is 59.9 Å². The lowest BCUT2D eigenvalue weighted by molar-refractivity contribution is -0.387. The van der Waals surface area contributed by atoms with Crippen LogP contribution in [-0.4, -0.2) is 38.6 Å². The van der Waals surface area contributed by atoms with Crippen molar-refractivity contribution in [2.45, 2.75) is 29.9 Å². The number of thiazole rings is 1. The lowest BCUT2D eigenvalue weighted by atomic mass is 9.93. The number of hydrogen-bond donors (Lipinski definition) is 0. The van der Waals surface area contributed by atoms with Gasteiger partial charge in [0.05, 0.1) is 44.9 Å². The molecule has 1 aliphatic rings. The normalized spacial score (nSPS) is 14.3. The molecule has 236 valence electrons. The standard InChI is InChI=1S/C34H27N5O6S2/c1-3-44-24-14-12-23(13-15-24)30-28(32(41)45-4-2)29(22-9-6-5-7-10-22)37-34-38(30)31(40)27(47-34)20-21-11-16-26(25(19-21)39(42)43)46-33-35-17-8-18-36-33/h5-20,30H,3-4H2,1-2H3/b27-20-/t30-/m0/s1. The quantitative estimate of drug-likeness (QED) is 0.0854. The molecule has 3 aromatic carbocycles. The van der Waals surface area contributed by atoms with Crippen molar-refractivity contribution in [2.75, 3.05) is 13.2 Å². The molecule has 11 nitrogen and oxygen atoms in total. The second kappa shape index (κ2) is 13.9. The molecule has 1 aliphatic heterocycles. The third kappa shape index (κ3) is 6.62. The minimum absolute atomic E-state index is 0.133. The first-order chi connectivity index (χ1) is 22.9. The Bertz CT molecular complexity index is 2160. The number of ether oxygens (including phenoxy) is 2. The summed E-state index contributed by atoms with van der Waals surface area (Å²) < 4.78 is 12.9. The van der Waals surface area contributed by atoms with E-state index in [2.05, 4.69) is 9.97 Å². The zero-order valence-electron chi connectivity index (χ0n) is 25.2. The van der Waals surface area contributed by atoms with E-state index in [0.29, 0.717) is 54.1 Å². The van der Waals surface area contributed by atoms with Crippen molar-refractivity contribution in [1.29, 1.82) is 0 Å². The average molecular weight is 666 g/mol. The van der Waals surface area contributed by atoms with Crippen LogP contribution < -0.4 is 19.6 Å². The van der Waals surface area contributed by atoms with Gasteiger partial charge in [0.25, 0.3) is 11.2 Å². The Balaban J connectivity index is 1.53. The molecule has 0 N–H and O–H groups in total. The van der Waals surface area contributed by atoms with Crippen molar-refractivity contribution in [2.24, 2.45) is 4.99 Å². The van der Waals surface area contributed by atoms with Gasteiger partial charge >= 0.3 is 5.97 Å². The number of esters is 1. The first-order valence-electron chi connectivity index (χ1n) is 14.6. The number of fused-ring (bicyclic) bond motifs is 1. The summed E-state index contributed by atoms with van der Waals surface area (Å²) in [6.07, 6.45) is 4.72. The van der Waals surface area contributed by atoms with Crippen molar-refractivity contribution in [3.8, 4) is 5.75 Å². The molecule has 0 fully saturated rings. The molecule has 0 saturated heterocycles. The molecule has 5 aromatic rings. The van der Waals surface area contributed by atoms with Crippen LogP contribution >= 0.6 is 23.1 Å². The summed E-state index contributed by atoms with van der Waals surface area (Å²) in [6.45, 7) is 4.23. The number of nitrogens with zero attached hydrogens (tertiary/aromatic N) is 5. The van der Waals surface area contributed by atoms with E-state index < -0.39 is 22.5 Å².